The molecule has 28 heavy (non-hydrogen) atoms. The van der Waals surface area contributed by atoms with Crippen LogP contribution < -0.4 is 10.6 Å². The molecule has 1 rings (SSSR count). The Bertz CT molecular complexity index is 833. The fraction of sp³-hybridized carbons (Fsp3) is 0.333. The summed E-state index contributed by atoms with van der Waals surface area (Å²) in [6, 6.07) is 7.96. The van der Waals surface area contributed by atoms with E-state index in [1.165, 1.54) is 18.2 Å². The van der Waals surface area contributed by atoms with Crippen molar-refractivity contribution in [2.24, 2.45) is 4.99 Å². The lowest BCUT2D eigenvalue weighted by molar-refractivity contribution is -0.121. The predicted molar refractivity (Wildman–Crippen MR) is 107 cm³/mol. The molecule has 1 aromatic rings. The number of allylic oxidation sites excluding steroid dienone is 2. The maximum Gasteiger partial charge on any atom is 0.271 e. The van der Waals surface area contributed by atoms with Crippen molar-refractivity contribution in [3.8, 4) is 6.07 Å². The van der Waals surface area contributed by atoms with Gasteiger partial charge in [-0.3, -0.25) is 14.6 Å². The first-order valence-corrected chi connectivity index (χ1v) is 8.75. The molecule has 0 aromatic heterocycles. The molecule has 0 bridgehead atoms. The van der Waals surface area contributed by atoms with E-state index in [2.05, 4.69) is 22.3 Å². The Morgan fingerprint density at radius 3 is 2.46 bits per heavy atom. The summed E-state index contributed by atoms with van der Waals surface area (Å²) in [5.74, 6) is -1.28. The summed E-state index contributed by atoms with van der Waals surface area (Å²) in [7, 11) is 0. The van der Waals surface area contributed by atoms with Crippen LogP contribution in [0.15, 0.2) is 52.8 Å². The van der Waals surface area contributed by atoms with Gasteiger partial charge in [-0.05, 0) is 57.2 Å². The highest BCUT2D eigenvalue weighted by molar-refractivity contribution is 5.95. The number of carbonyl (C=O) groups excluding carboxylic acids is 2. The van der Waals surface area contributed by atoms with E-state index in [1.807, 2.05) is 13.0 Å². The first-order valence-electron chi connectivity index (χ1n) is 8.75. The number of nitriles is 1. The van der Waals surface area contributed by atoms with E-state index in [9.17, 15) is 14.0 Å². The minimum atomic E-state index is -1.06. The van der Waals surface area contributed by atoms with Crippen LogP contribution >= 0.6 is 0 Å². The Kier molecular flexibility index (Phi) is 8.27. The Balaban J connectivity index is 2.81. The van der Waals surface area contributed by atoms with Gasteiger partial charge in [0.2, 0.25) is 5.91 Å². The van der Waals surface area contributed by atoms with Crippen LogP contribution in [0.4, 0.5) is 4.39 Å². The van der Waals surface area contributed by atoms with Crippen molar-refractivity contribution in [1.29, 1.82) is 5.26 Å². The van der Waals surface area contributed by atoms with E-state index in [1.54, 1.807) is 39.0 Å². The summed E-state index contributed by atoms with van der Waals surface area (Å²) in [5.41, 5.74) is 0.137. The average Bonchev–Trinajstić information content (AvgIpc) is 2.64. The van der Waals surface area contributed by atoms with Crippen LogP contribution in [0.5, 0.6) is 0 Å². The zero-order valence-electron chi connectivity index (χ0n) is 16.5. The summed E-state index contributed by atoms with van der Waals surface area (Å²) in [6.07, 6.45) is 3.19. The Morgan fingerprint density at radius 1 is 1.36 bits per heavy atom. The highest BCUT2D eigenvalue weighted by Gasteiger charge is 2.21. The second-order valence-electron chi connectivity index (χ2n) is 6.83. The fourth-order valence-corrected chi connectivity index (χ4v) is 2.30. The third-order valence-electron chi connectivity index (χ3n) is 3.93. The zero-order valence-corrected chi connectivity index (χ0v) is 16.5. The van der Waals surface area contributed by atoms with Crippen LogP contribution in [-0.4, -0.2) is 24.1 Å². The number of benzene rings is 1. The van der Waals surface area contributed by atoms with Crippen molar-refractivity contribution in [3.05, 3.63) is 59.2 Å². The molecule has 0 saturated heterocycles. The van der Waals surface area contributed by atoms with Crippen LogP contribution in [0.3, 0.4) is 0 Å². The maximum atomic E-state index is 13.0. The number of amides is 2. The molecule has 6 nitrogen and oxygen atoms in total. The van der Waals surface area contributed by atoms with Gasteiger partial charge in [-0.15, -0.1) is 0 Å². The normalized spacial score (nSPS) is 13.3. The Hall–Kier alpha value is -3.27. The smallest absolute Gasteiger partial charge is 0.271 e. The third-order valence-corrected chi connectivity index (χ3v) is 3.93. The van der Waals surface area contributed by atoms with Gasteiger partial charge in [-0.1, -0.05) is 25.1 Å². The van der Waals surface area contributed by atoms with Gasteiger partial charge in [0.15, 0.2) is 0 Å². The lowest BCUT2D eigenvalue weighted by atomic mass is 9.97. The number of nitrogens with zero attached hydrogens (tertiary/aromatic N) is 2. The van der Waals surface area contributed by atoms with Crippen LogP contribution in [0.1, 0.15) is 45.6 Å². The van der Waals surface area contributed by atoms with E-state index >= 15 is 0 Å². The molecular weight excluding hydrogens is 359 g/mol. The summed E-state index contributed by atoms with van der Waals surface area (Å²) < 4.78 is 13.0. The topological polar surface area (TPSA) is 94.3 Å². The van der Waals surface area contributed by atoms with E-state index in [0.717, 1.165) is 5.56 Å². The predicted octanol–water partition coefficient (Wildman–Crippen LogP) is 3.34. The molecule has 1 unspecified atom stereocenters. The van der Waals surface area contributed by atoms with Crippen LogP contribution in [-0.2, 0) is 9.59 Å². The number of aliphatic imine (C=N–C) groups is 1. The molecule has 0 radical (unpaired) electrons. The van der Waals surface area contributed by atoms with Crippen molar-refractivity contribution in [1.82, 2.24) is 10.6 Å². The van der Waals surface area contributed by atoms with Gasteiger partial charge < -0.3 is 10.6 Å². The molecule has 0 fully saturated rings. The fourth-order valence-electron chi connectivity index (χ4n) is 2.30. The molecule has 0 spiro atoms. The number of rotatable bonds is 8. The van der Waals surface area contributed by atoms with Crippen molar-refractivity contribution in [2.45, 2.75) is 45.6 Å². The van der Waals surface area contributed by atoms with E-state index in [0.29, 0.717) is 5.70 Å². The molecule has 0 aliphatic carbocycles. The largest absolute Gasteiger partial charge is 0.333 e. The molecule has 2 N–H and O–H groups in total. The molecule has 148 valence electrons. The zero-order chi connectivity index (χ0) is 21.3. The molecule has 7 heteroatoms. The summed E-state index contributed by atoms with van der Waals surface area (Å²) in [5, 5.41) is 14.3. The quantitative estimate of drug-likeness (QED) is 0.409. The first-order chi connectivity index (χ1) is 13.1. The van der Waals surface area contributed by atoms with Crippen molar-refractivity contribution in [2.75, 3.05) is 0 Å². The standard InChI is InChI=1S/C21H25FN4O2/c1-6-17(12-18(24-5)20(28)26-21(3,4)13-23)25-19(27)11-14(2)15-7-9-16(22)10-8-15/h6-10,12,14H,5,11H2,1-4H3,(H,25,27)(H,26,28)/b17-6+,18-12-. The number of nitrogens with one attached hydrogen (secondary N) is 2. The van der Waals surface area contributed by atoms with Gasteiger partial charge in [0.25, 0.3) is 5.91 Å². The SMILES string of the molecule is C=N/C(=C\C(=C/C)NC(=O)CC(C)c1ccc(F)cc1)C(=O)NC(C)(C)C#N. The molecule has 0 saturated carbocycles. The third kappa shape index (κ3) is 7.16. The number of hydrogen-bond donors (Lipinski definition) is 2. The lowest BCUT2D eigenvalue weighted by Crippen LogP contribution is -2.42. The summed E-state index contributed by atoms with van der Waals surface area (Å²) >= 11 is 0. The number of carbonyl (C=O) groups is 2. The molecule has 0 aliphatic rings. The lowest BCUT2D eigenvalue weighted by Gasteiger charge is -2.17. The molecule has 1 aromatic carbocycles. The van der Waals surface area contributed by atoms with Crippen LogP contribution in [0.25, 0.3) is 0 Å². The number of hydrogen-bond acceptors (Lipinski definition) is 4. The first kappa shape index (κ1) is 22.8. The van der Waals surface area contributed by atoms with Crippen molar-refractivity contribution < 1.29 is 14.0 Å². The van der Waals surface area contributed by atoms with Crippen molar-refractivity contribution >= 4 is 18.5 Å². The second kappa shape index (κ2) is 10.2. The van der Waals surface area contributed by atoms with Gasteiger partial charge in [0, 0.05) is 12.1 Å². The highest BCUT2D eigenvalue weighted by Crippen LogP contribution is 2.19. The molecule has 2 amide bonds. The highest BCUT2D eigenvalue weighted by atomic mass is 19.1. The average molecular weight is 384 g/mol. The van der Waals surface area contributed by atoms with Gasteiger partial charge in [0.05, 0.1) is 6.07 Å². The van der Waals surface area contributed by atoms with E-state index in [4.69, 9.17) is 5.26 Å². The monoisotopic (exact) mass is 384 g/mol. The Labute approximate surface area is 164 Å². The van der Waals surface area contributed by atoms with Crippen LogP contribution in [0, 0.1) is 17.1 Å². The Morgan fingerprint density at radius 2 is 1.96 bits per heavy atom. The van der Waals surface area contributed by atoms with E-state index < -0.39 is 11.4 Å². The molecular formula is C21H25FN4O2. The molecule has 0 aliphatic heterocycles. The van der Waals surface area contributed by atoms with Gasteiger partial charge >= 0.3 is 0 Å². The maximum absolute atomic E-state index is 13.0. The molecule has 1 atom stereocenters. The summed E-state index contributed by atoms with van der Waals surface area (Å²) in [6.45, 7) is 10.0. The minimum absolute atomic E-state index is 0.0247. The van der Waals surface area contributed by atoms with Crippen molar-refractivity contribution in [3.63, 3.8) is 0 Å². The second-order valence-corrected chi connectivity index (χ2v) is 6.83. The van der Waals surface area contributed by atoms with Gasteiger partial charge in [-0.25, -0.2) is 4.39 Å². The molecule has 0 heterocycles. The number of halogens is 1. The van der Waals surface area contributed by atoms with E-state index in [-0.39, 0.29) is 29.8 Å². The minimum Gasteiger partial charge on any atom is -0.333 e. The summed E-state index contributed by atoms with van der Waals surface area (Å²) in [4.78, 5) is 28.3. The van der Waals surface area contributed by atoms with Gasteiger partial charge in [0.1, 0.15) is 17.1 Å². The van der Waals surface area contributed by atoms with Gasteiger partial charge in [-0.2, -0.15) is 5.26 Å². The van der Waals surface area contributed by atoms with Crippen LogP contribution in [0.2, 0.25) is 0 Å².